The van der Waals surface area contributed by atoms with Gasteiger partial charge in [0.05, 0.1) is 0 Å². The third-order valence-electron chi connectivity index (χ3n) is 1.01. The van der Waals surface area contributed by atoms with Gasteiger partial charge in [-0.25, -0.2) is 0 Å². The van der Waals surface area contributed by atoms with E-state index in [0.717, 1.165) is 0 Å². The molecule has 58 valence electrons. The summed E-state index contributed by atoms with van der Waals surface area (Å²) in [6, 6.07) is 0. The first-order chi connectivity index (χ1) is 4.12. The summed E-state index contributed by atoms with van der Waals surface area (Å²) in [6.45, 7) is 3.66. The Labute approximate surface area is 61.0 Å². The summed E-state index contributed by atoms with van der Waals surface area (Å²) in [7, 11) is 0. The third-order valence-corrected chi connectivity index (χ3v) is 6.75. The van der Waals surface area contributed by atoms with Crippen molar-refractivity contribution in [1.82, 2.24) is 0 Å². The van der Waals surface area contributed by atoms with Crippen molar-refractivity contribution in [2.45, 2.75) is 35.6 Å². The SMILES string of the molecule is CCC[Te](F)(F)CCC. The summed E-state index contributed by atoms with van der Waals surface area (Å²) < 4.78 is 25.7. The van der Waals surface area contributed by atoms with Gasteiger partial charge in [-0.1, -0.05) is 0 Å². The van der Waals surface area contributed by atoms with Gasteiger partial charge in [0.2, 0.25) is 0 Å². The Bertz CT molecular complexity index is 65.5. The molecular weight excluding hydrogens is 238 g/mol. The molecular formula is C6H14F2Te. The van der Waals surface area contributed by atoms with E-state index in [-0.39, 0.29) is 8.94 Å². The molecule has 0 unspecified atom stereocenters. The summed E-state index contributed by atoms with van der Waals surface area (Å²) in [5.74, 6) is 0. The fraction of sp³-hybridized carbons (Fsp3) is 1.00. The molecule has 0 heterocycles. The quantitative estimate of drug-likeness (QED) is 0.674. The molecule has 0 fully saturated rings. The maximum atomic E-state index is 12.6. The van der Waals surface area contributed by atoms with Crippen LogP contribution in [-0.4, -0.2) is 19.3 Å². The summed E-state index contributed by atoms with van der Waals surface area (Å²) >= 11 is -4.18. The Morgan fingerprint density at radius 2 is 1.33 bits per heavy atom. The van der Waals surface area contributed by atoms with Crippen LogP contribution < -0.4 is 0 Å². The van der Waals surface area contributed by atoms with Gasteiger partial charge in [-0.15, -0.1) is 0 Å². The van der Waals surface area contributed by atoms with Gasteiger partial charge >= 0.3 is 60.7 Å². The summed E-state index contributed by atoms with van der Waals surface area (Å²) in [6.07, 6.45) is 1.32. The third kappa shape index (κ3) is 5.11. The molecule has 0 amide bonds. The normalized spacial score (nSPS) is 13.8. The Hall–Kier alpha value is 0.650. The minimum absolute atomic E-state index is 0.232. The Kier molecular flexibility index (Phi) is 4.78. The van der Waals surface area contributed by atoms with Crippen LogP contribution in [0.25, 0.3) is 0 Å². The summed E-state index contributed by atoms with van der Waals surface area (Å²) in [5.41, 5.74) is 0. The van der Waals surface area contributed by atoms with Crippen LogP contribution in [0.15, 0.2) is 0 Å². The number of halogens is 2. The molecule has 0 aromatic rings. The van der Waals surface area contributed by atoms with E-state index in [2.05, 4.69) is 0 Å². The van der Waals surface area contributed by atoms with Crippen LogP contribution in [0, 0.1) is 0 Å². The van der Waals surface area contributed by atoms with Gasteiger partial charge in [0, 0.05) is 0 Å². The molecule has 0 atom stereocenters. The van der Waals surface area contributed by atoms with Gasteiger partial charge < -0.3 is 0 Å². The van der Waals surface area contributed by atoms with Crippen molar-refractivity contribution in [3.8, 4) is 0 Å². The molecule has 3 heteroatoms. The second kappa shape index (κ2) is 4.46. The predicted octanol–water partition coefficient (Wildman–Crippen LogP) is 3.19. The maximum absolute atomic E-state index is 12.6. The number of hydrogen-bond acceptors (Lipinski definition) is 0. The van der Waals surface area contributed by atoms with Gasteiger partial charge in [-0.05, 0) is 0 Å². The van der Waals surface area contributed by atoms with E-state index >= 15 is 0 Å². The Morgan fingerprint density at radius 3 is 1.56 bits per heavy atom. The van der Waals surface area contributed by atoms with E-state index in [1.165, 1.54) is 0 Å². The molecule has 0 N–H and O–H groups in total. The zero-order valence-corrected chi connectivity index (χ0v) is 8.32. The van der Waals surface area contributed by atoms with Gasteiger partial charge in [0.25, 0.3) is 0 Å². The van der Waals surface area contributed by atoms with Crippen molar-refractivity contribution >= 4 is 19.3 Å². The monoisotopic (exact) mass is 254 g/mol. The van der Waals surface area contributed by atoms with Gasteiger partial charge in [0.15, 0.2) is 0 Å². The average Bonchev–Trinajstić information content (AvgIpc) is 1.64. The fourth-order valence-electron chi connectivity index (χ4n) is 0.699. The van der Waals surface area contributed by atoms with E-state index < -0.39 is 19.3 Å². The van der Waals surface area contributed by atoms with Crippen molar-refractivity contribution in [1.29, 1.82) is 0 Å². The molecule has 0 saturated carbocycles. The van der Waals surface area contributed by atoms with Crippen molar-refractivity contribution in [2.75, 3.05) is 0 Å². The Morgan fingerprint density at radius 1 is 1.00 bits per heavy atom. The van der Waals surface area contributed by atoms with E-state index in [0.29, 0.717) is 12.8 Å². The molecule has 0 aromatic heterocycles. The van der Waals surface area contributed by atoms with E-state index in [1.54, 1.807) is 0 Å². The van der Waals surface area contributed by atoms with Crippen LogP contribution in [0.1, 0.15) is 26.7 Å². The standard InChI is InChI=1S/C6H14F2Te/c1-3-5-9(7,8)6-4-2/h3-6H2,1-2H3. The van der Waals surface area contributed by atoms with Crippen LogP contribution in [0.2, 0.25) is 8.94 Å². The Balaban J connectivity index is 3.43. The second-order valence-corrected chi connectivity index (χ2v) is 8.43. The molecule has 9 heavy (non-hydrogen) atoms. The number of hydrogen-bond donors (Lipinski definition) is 0. The second-order valence-electron chi connectivity index (χ2n) is 2.11. The molecule has 0 rings (SSSR count). The molecule has 0 nitrogen and oxygen atoms in total. The molecule has 0 aliphatic rings. The van der Waals surface area contributed by atoms with E-state index in [1.807, 2.05) is 13.8 Å². The minimum atomic E-state index is -4.18. The zero-order chi connectivity index (χ0) is 7.33. The first kappa shape index (κ1) is 9.65. The zero-order valence-electron chi connectivity index (χ0n) is 5.99. The van der Waals surface area contributed by atoms with Gasteiger partial charge in [-0.2, -0.15) is 0 Å². The summed E-state index contributed by atoms with van der Waals surface area (Å²) in [4.78, 5) is 0. The fourth-order valence-corrected chi connectivity index (χ4v) is 4.69. The molecule has 0 radical (unpaired) electrons. The van der Waals surface area contributed by atoms with Crippen molar-refractivity contribution in [3.63, 3.8) is 0 Å². The topological polar surface area (TPSA) is 0 Å². The van der Waals surface area contributed by atoms with Crippen molar-refractivity contribution < 1.29 is 5.78 Å². The van der Waals surface area contributed by atoms with Crippen LogP contribution in [0.3, 0.4) is 0 Å². The molecule has 0 aliphatic carbocycles. The van der Waals surface area contributed by atoms with Crippen molar-refractivity contribution in [2.24, 2.45) is 0 Å². The molecule has 0 bridgehead atoms. The summed E-state index contributed by atoms with van der Waals surface area (Å²) in [5, 5.41) is 0. The molecule has 0 aromatic carbocycles. The van der Waals surface area contributed by atoms with Crippen LogP contribution in [-0.2, 0) is 0 Å². The molecule has 0 spiro atoms. The molecule has 0 saturated heterocycles. The van der Waals surface area contributed by atoms with Gasteiger partial charge in [-0.3, -0.25) is 0 Å². The first-order valence-electron chi connectivity index (χ1n) is 3.30. The first-order valence-corrected chi connectivity index (χ1v) is 8.36. The van der Waals surface area contributed by atoms with Crippen molar-refractivity contribution in [3.05, 3.63) is 0 Å². The van der Waals surface area contributed by atoms with E-state index in [9.17, 15) is 5.78 Å². The van der Waals surface area contributed by atoms with Crippen LogP contribution >= 0.6 is 0 Å². The van der Waals surface area contributed by atoms with Crippen LogP contribution in [0.5, 0.6) is 0 Å². The predicted molar refractivity (Wildman–Crippen MR) is 38.2 cm³/mol. The van der Waals surface area contributed by atoms with E-state index in [4.69, 9.17) is 0 Å². The van der Waals surface area contributed by atoms with Gasteiger partial charge in [0.1, 0.15) is 0 Å². The average molecular weight is 252 g/mol. The molecule has 0 aliphatic heterocycles. The number of rotatable bonds is 4. The van der Waals surface area contributed by atoms with Crippen LogP contribution in [0.4, 0.5) is 5.78 Å².